The summed E-state index contributed by atoms with van der Waals surface area (Å²) >= 11 is 3.25. The van der Waals surface area contributed by atoms with Gasteiger partial charge < -0.3 is 9.47 Å². The molecule has 7 nitrogen and oxygen atoms in total. The van der Waals surface area contributed by atoms with E-state index < -0.39 is 12.1 Å². The average Bonchev–Trinajstić information content (AvgIpc) is 2.98. The molecule has 0 bridgehead atoms. The van der Waals surface area contributed by atoms with Crippen LogP contribution in [0.15, 0.2) is 47.5 Å². The molecule has 0 saturated carbocycles. The Kier molecular flexibility index (Phi) is 4.80. The number of ether oxygens (including phenoxy) is 2. The predicted molar refractivity (Wildman–Crippen MR) is 93.6 cm³/mol. The van der Waals surface area contributed by atoms with Crippen molar-refractivity contribution in [2.75, 3.05) is 0 Å². The third-order valence-electron chi connectivity index (χ3n) is 3.31. The summed E-state index contributed by atoms with van der Waals surface area (Å²) in [5, 5.41) is 0.990. The Bertz CT molecular complexity index is 952. The number of hydrogen-bond acceptors (Lipinski definition) is 6. The molecule has 25 heavy (non-hydrogen) atoms. The molecule has 0 fully saturated rings. The summed E-state index contributed by atoms with van der Waals surface area (Å²) in [5.41, 5.74) is 1.01. The molecule has 0 atom stereocenters. The van der Waals surface area contributed by atoms with E-state index in [1.165, 1.54) is 12.3 Å². The summed E-state index contributed by atoms with van der Waals surface area (Å²) in [4.78, 5) is 32.2. The lowest BCUT2D eigenvalue weighted by Gasteiger charge is -2.10. The van der Waals surface area contributed by atoms with Crippen LogP contribution >= 0.6 is 15.9 Å². The summed E-state index contributed by atoms with van der Waals surface area (Å²) < 4.78 is 11.7. The molecule has 0 amide bonds. The zero-order valence-corrected chi connectivity index (χ0v) is 15.1. The number of carbonyl (C=O) groups is 2. The third kappa shape index (κ3) is 3.69. The number of hydrogen-bond donors (Lipinski definition) is 0. The second-order valence-electron chi connectivity index (χ2n) is 5.45. The minimum absolute atomic E-state index is 0.163. The molecule has 128 valence electrons. The molecule has 0 unspecified atom stereocenters. The van der Waals surface area contributed by atoms with Gasteiger partial charge in [-0.15, -0.1) is 0 Å². The summed E-state index contributed by atoms with van der Waals surface area (Å²) in [6.07, 6.45) is 5.28. The van der Waals surface area contributed by atoms with Crippen LogP contribution in [0.3, 0.4) is 0 Å². The maximum absolute atomic E-state index is 12.2. The minimum atomic E-state index is -1.04. The SMILES string of the molecule is CC(C)OC(=O)OC(=O)c1cc(-n2ccc3ccncc32)ncc1Br. The molecule has 8 heteroatoms. The van der Waals surface area contributed by atoms with E-state index in [4.69, 9.17) is 9.47 Å². The Balaban J connectivity index is 1.93. The van der Waals surface area contributed by atoms with Crippen molar-refractivity contribution in [2.45, 2.75) is 20.0 Å². The van der Waals surface area contributed by atoms with Gasteiger partial charge in [0.25, 0.3) is 0 Å². The largest absolute Gasteiger partial charge is 0.516 e. The van der Waals surface area contributed by atoms with Crippen molar-refractivity contribution >= 4 is 39.0 Å². The average molecular weight is 404 g/mol. The molecule has 0 aliphatic heterocycles. The Labute approximate surface area is 151 Å². The lowest BCUT2D eigenvalue weighted by atomic mass is 10.2. The number of carbonyl (C=O) groups excluding carboxylic acids is 2. The van der Waals surface area contributed by atoms with E-state index in [2.05, 4.69) is 25.9 Å². The van der Waals surface area contributed by atoms with E-state index >= 15 is 0 Å². The molecule has 0 radical (unpaired) electrons. The second kappa shape index (κ2) is 7.02. The third-order valence-corrected chi connectivity index (χ3v) is 3.94. The molecule has 3 aromatic heterocycles. The molecule has 0 aliphatic carbocycles. The zero-order chi connectivity index (χ0) is 18.0. The van der Waals surface area contributed by atoms with Crippen molar-refractivity contribution in [3.63, 3.8) is 0 Å². The smallest absolute Gasteiger partial charge is 0.431 e. The van der Waals surface area contributed by atoms with Crippen molar-refractivity contribution in [3.8, 4) is 5.82 Å². The monoisotopic (exact) mass is 403 g/mol. The highest BCUT2D eigenvalue weighted by atomic mass is 79.9. The van der Waals surface area contributed by atoms with Gasteiger partial charge in [0.05, 0.1) is 27.9 Å². The fourth-order valence-corrected chi connectivity index (χ4v) is 2.62. The molecular formula is C17H14BrN3O4. The molecule has 0 aliphatic rings. The molecule has 3 rings (SSSR count). The maximum atomic E-state index is 12.2. The molecule has 0 saturated heterocycles. The first-order valence-electron chi connectivity index (χ1n) is 7.45. The van der Waals surface area contributed by atoms with Crippen molar-refractivity contribution in [3.05, 3.63) is 53.0 Å². The number of fused-ring (bicyclic) bond motifs is 1. The number of pyridine rings is 2. The van der Waals surface area contributed by atoms with Crippen LogP contribution in [-0.2, 0) is 9.47 Å². The van der Waals surface area contributed by atoms with Gasteiger partial charge in [-0.2, -0.15) is 0 Å². The van der Waals surface area contributed by atoms with Crippen LogP contribution in [-0.4, -0.2) is 32.8 Å². The van der Waals surface area contributed by atoms with Crippen molar-refractivity contribution < 1.29 is 19.1 Å². The van der Waals surface area contributed by atoms with Crippen molar-refractivity contribution in [2.24, 2.45) is 0 Å². The Hall–Kier alpha value is -2.74. The first kappa shape index (κ1) is 17.1. The van der Waals surface area contributed by atoms with Gasteiger partial charge in [-0.25, -0.2) is 14.6 Å². The van der Waals surface area contributed by atoms with Crippen LogP contribution in [0.1, 0.15) is 24.2 Å². The molecule has 3 aromatic rings. The lowest BCUT2D eigenvalue weighted by molar-refractivity contribution is 0.0283. The quantitative estimate of drug-likeness (QED) is 0.487. The minimum Gasteiger partial charge on any atom is -0.431 e. The number of aromatic nitrogens is 3. The lowest BCUT2D eigenvalue weighted by Crippen LogP contribution is -2.18. The fourth-order valence-electron chi connectivity index (χ4n) is 2.24. The standard InChI is InChI=1S/C17H14BrN3O4/c1-10(2)24-17(23)25-16(22)12-7-15(20-8-13(12)18)21-6-4-11-3-5-19-9-14(11)21/h3-10H,1-2H3. The molecule has 3 heterocycles. The normalized spacial score (nSPS) is 10.9. The molecule has 0 aromatic carbocycles. The summed E-state index contributed by atoms with van der Waals surface area (Å²) in [6.45, 7) is 3.33. The van der Waals surface area contributed by atoms with E-state index in [0.717, 1.165) is 10.9 Å². The molecule has 0 spiro atoms. The number of rotatable bonds is 3. The highest BCUT2D eigenvalue weighted by Gasteiger charge is 2.19. The maximum Gasteiger partial charge on any atom is 0.516 e. The fraction of sp³-hybridized carbons (Fsp3) is 0.176. The van der Waals surface area contributed by atoms with Gasteiger partial charge in [0.2, 0.25) is 0 Å². The van der Waals surface area contributed by atoms with E-state index in [-0.39, 0.29) is 11.7 Å². The van der Waals surface area contributed by atoms with Gasteiger partial charge in [0.15, 0.2) is 0 Å². The van der Waals surface area contributed by atoms with E-state index in [1.807, 2.05) is 18.3 Å². The van der Waals surface area contributed by atoms with E-state index in [9.17, 15) is 9.59 Å². The predicted octanol–water partition coefficient (Wildman–Crippen LogP) is 3.88. The van der Waals surface area contributed by atoms with Gasteiger partial charge >= 0.3 is 12.1 Å². The van der Waals surface area contributed by atoms with Crippen LogP contribution in [0.5, 0.6) is 0 Å². The summed E-state index contributed by atoms with van der Waals surface area (Å²) in [7, 11) is 0. The van der Waals surface area contributed by atoms with Crippen LogP contribution in [0.2, 0.25) is 0 Å². The van der Waals surface area contributed by atoms with Crippen LogP contribution < -0.4 is 0 Å². The first-order valence-corrected chi connectivity index (χ1v) is 8.25. The summed E-state index contributed by atoms with van der Waals surface area (Å²) in [6, 6.07) is 5.32. The number of esters is 1. The van der Waals surface area contributed by atoms with Crippen LogP contribution in [0.25, 0.3) is 16.7 Å². The number of nitrogens with zero attached hydrogens (tertiary/aromatic N) is 3. The highest BCUT2D eigenvalue weighted by molar-refractivity contribution is 9.10. The van der Waals surface area contributed by atoms with E-state index in [0.29, 0.717) is 10.3 Å². The Morgan fingerprint density at radius 2 is 2.04 bits per heavy atom. The number of halogens is 1. The van der Waals surface area contributed by atoms with Gasteiger partial charge in [-0.1, -0.05) is 0 Å². The first-order chi connectivity index (χ1) is 12.0. The highest BCUT2D eigenvalue weighted by Crippen LogP contribution is 2.23. The van der Waals surface area contributed by atoms with Gasteiger partial charge in [-0.3, -0.25) is 9.55 Å². The van der Waals surface area contributed by atoms with Crippen LogP contribution in [0.4, 0.5) is 4.79 Å². The van der Waals surface area contributed by atoms with Crippen molar-refractivity contribution in [1.82, 2.24) is 14.5 Å². The Morgan fingerprint density at radius 1 is 1.24 bits per heavy atom. The second-order valence-corrected chi connectivity index (χ2v) is 6.30. The summed E-state index contributed by atoms with van der Waals surface area (Å²) in [5.74, 6) is -0.328. The molecule has 0 N–H and O–H groups in total. The van der Waals surface area contributed by atoms with Crippen molar-refractivity contribution in [1.29, 1.82) is 0 Å². The van der Waals surface area contributed by atoms with Gasteiger partial charge in [0.1, 0.15) is 5.82 Å². The van der Waals surface area contributed by atoms with Gasteiger partial charge in [0, 0.05) is 24.0 Å². The topological polar surface area (TPSA) is 83.3 Å². The zero-order valence-electron chi connectivity index (χ0n) is 13.5. The Morgan fingerprint density at radius 3 is 2.80 bits per heavy atom. The van der Waals surface area contributed by atoms with Gasteiger partial charge in [-0.05, 0) is 48.0 Å². The molecular weight excluding hydrogens is 390 g/mol. The van der Waals surface area contributed by atoms with E-state index in [1.54, 1.807) is 30.8 Å². The van der Waals surface area contributed by atoms with Crippen LogP contribution in [0, 0.1) is 0 Å².